The minimum absolute atomic E-state index is 0.219. The monoisotopic (exact) mass is 173 g/mol. The third-order valence-corrected chi connectivity index (χ3v) is 2.17. The fraction of sp³-hybridized carbons (Fsp3) is 1.00. The van der Waals surface area contributed by atoms with Gasteiger partial charge in [0.2, 0.25) is 0 Å². The van der Waals surface area contributed by atoms with Crippen LogP contribution in [0.15, 0.2) is 0 Å². The highest BCUT2D eigenvalue weighted by molar-refractivity contribution is 4.61. The molecule has 0 aliphatic rings. The molecule has 0 aliphatic heterocycles. The Labute approximate surface area is 76.5 Å². The first kappa shape index (κ1) is 11.9. The zero-order valence-electron chi connectivity index (χ0n) is 8.84. The van der Waals surface area contributed by atoms with Crippen LogP contribution >= 0.6 is 0 Å². The van der Waals surface area contributed by atoms with Gasteiger partial charge < -0.3 is 10.5 Å². The molecule has 0 bridgehead atoms. The van der Waals surface area contributed by atoms with Gasteiger partial charge in [-0.05, 0) is 19.3 Å². The maximum absolute atomic E-state index is 5.81. The highest BCUT2D eigenvalue weighted by Crippen LogP contribution is 2.06. The minimum Gasteiger partial charge on any atom is -0.377 e. The predicted molar refractivity (Wildman–Crippen MR) is 53.1 cm³/mol. The molecule has 0 amide bonds. The molecule has 74 valence electrons. The lowest BCUT2D eigenvalue weighted by atomic mass is 10.1. The van der Waals surface area contributed by atoms with Crippen molar-refractivity contribution in [2.24, 2.45) is 11.7 Å². The lowest BCUT2D eigenvalue weighted by Crippen LogP contribution is -2.29. The summed E-state index contributed by atoms with van der Waals surface area (Å²) < 4.78 is 5.59. The van der Waals surface area contributed by atoms with E-state index in [9.17, 15) is 0 Å². The fourth-order valence-corrected chi connectivity index (χ4v) is 0.922. The Hall–Kier alpha value is -0.0800. The molecule has 0 saturated carbocycles. The van der Waals surface area contributed by atoms with Gasteiger partial charge >= 0.3 is 0 Å². The van der Waals surface area contributed by atoms with Gasteiger partial charge in [0.1, 0.15) is 0 Å². The van der Waals surface area contributed by atoms with Crippen LogP contribution in [0.3, 0.4) is 0 Å². The molecule has 2 atom stereocenters. The zero-order chi connectivity index (χ0) is 9.56. The molecule has 2 unspecified atom stereocenters. The molecular weight excluding hydrogens is 150 g/mol. The molecule has 0 aliphatic carbocycles. The summed E-state index contributed by atoms with van der Waals surface area (Å²) in [5, 5.41) is 0. The van der Waals surface area contributed by atoms with Crippen molar-refractivity contribution in [1.29, 1.82) is 0 Å². The molecule has 2 nitrogen and oxygen atoms in total. The van der Waals surface area contributed by atoms with Crippen LogP contribution in [0.5, 0.6) is 0 Å². The van der Waals surface area contributed by atoms with Crippen molar-refractivity contribution >= 4 is 0 Å². The maximum Gasteiger partial charge on any atom is 0.0621 e. The van der Waals surface area contributed by atoms with Crippen LogP contribution in [0.1, 0.15) is 40.5 Å². The standard InChI is InChI=1S/C10H23NO/c1-5-6-10(11)7-12-9(4)8(2)3/h8-10H,5-7,11H2,1-4H3. The normalized spacial score (nSPS) is 16.5. The number of ether oxygens (including phenoxy) is 1. The van der Waals surface area contributed by atoms with Crippen LogP contribution in [0, 0.1) is 5.92 Å². The number of nitrogens with two attached hydrogens (primary N) is 1. The van der Waals surface area contributed by atoms with Gasteiger partial charge in [0.25, 0.3) is 0 Å². The Morgan fingerprint density at radius 1 is 1.25 bits per heavy atom. The zero-order valence-corrected chi connectivity index (χ0v) is 8.84. The third kappa shape index (κ3) is 5.56. The molecule has 0 aromatic rings. The number of hydrogen-bond acceptors (Lipinski definition) is 2. The fourth-order valence-electron chi connectivity index (χ4n) is 0.922. The van der Waals surface area contributed by atoms with E-state index in [0.29, 0.717) is 18.6 Å². The molecule has 0 rings (SSSR count). The molecule has 2 N–H and O–H groups in total. The van der Waals surface area contributed by atoms with Crippen molar-refractivity contribution in [2.45, 2.75) is 52.7 Å². The van der Waals surface area contributed by atoms with E-state index >= 15 is 0 Å². The second kappa shape index (κ2) is 6.44. The smallest absolute Gasteiger partial charge is 0.0621 e. The summed E-state index contributed by atoms with van der Waals surface area (Å²) in [7, 11) is 0. The van der Waals surface area contributed by atoms with Crippen LogP contribution in [0.4, 0.5) is 0 Å². The van der Waals surface area contributed by atoms with Crippen LogP contribution in [-0.4, -0.2) is 18.8 Å². The second-order valence-corrected chi connectivity index (χ2v) is 3.83. The molecular formula is C10H23NO. The second-order valence-electron chi connectivity index (χ2n) is 3.83. The molecule has 0 aromatic carbocycles. The van der Waals surface area contributed by atoms with Crippen molar-refractivity contribution in [1.82, 2.24) is 0 Å². The first-order valence-electron chi connectivity index (χ1n) is 4.95. The van der Waals surface area contributed by atoms with Gasteiger partial charge in [0.15, 0.2) is 0 Å². The van der Waals surface area contributed by atoms with E-state index in [1.807, 2.05) is 0 Å². The summed E-state index contributed by atoms with van der Waals surface area (Å²) >= 11 is 0. The molecule has 2 heteroatoms. The van der Waals surface area contributed by atoms with Gasteiger partial charge in [-0.2, -0.15) is 0 Å². The van der Waals surface area contributed by atoms with E-state index in [-0.39, 0.29) is 6.04 Å². The van der Waals surface area contributed by atoms with E-state index in [1.165, 1.54) is 0 Å². The van der Waals surface area contributed by atoms with E-state index in [4.69, 9.17) is 10.5 Å². The van der Waals surface area contributed by atoms with Crippen molar-refractivity contribution in [3.05, 3.63) is 0 Å². The Balaban J connectivity index is 3.40. The molecule has 0 spiro atoms. The van der Waals surface area contributed by atoms with E-state index in [0.717, 1.165) is 12.8 Å². The van der Waals surface area contributed by atoms with E-state index in [1.54, 1.807) is 0 Å². The first-order valence-corrected chi connectivity index (χ1v) is 4.95. The Morgan fingerprint density at radius 3 is 2.25 bits per heavy atom. The van der Waals surface area contributed by atoms with Gasteiger partial charge in [-0.1, -0.05) is 27.2 Å². The summed E-state index contributed by atoms with van der Waals surface area (Å²) in [6, 6.07) is 0.219. The molecule has 0 saturated heterocycles. The summed E-state index contributed by atoms with van der Waals surface area (Å²) in [6.07, 6.45) is 2.53. The van der Waals surface area contributed by atoms with Crippen molar-refractivity contribution in [3.63, 3.8) is 0 Å². The van der Waals surface area contributed by atoms with Crippen LogP contribution in [0.25, 0.3) is 0 Å². The summed E-state index contributed by atoms with van der Waals surface area (Å²) in [4.78, 5) is 0. The topological polar surface area (TPSA) is 35.2 Å². The van der Waals surface area contributed by atoms with E-state index < -0.39 is 0 Å². The predicted octanol–water partition coefficient (Wildman–Crippen LogP) is 2.17. The lowest BCUT2D eigenvalue weighted by Gasteiger charge is -2.19. The first-order chi connectivity index (χ1) is 5.57. The molecule has 0 aromatic heterocycles. The molecule has 0 radical (unpaired) electrons. The number of rotatable bonds is 6. The highest BCUT2D eigenvalue weighted by atomic mass is 16.5. The SMILES string of the molecule is CCCC(N)COC(C)C(C)C. The average Bonchev–Trinajstić information content (AvgIpc) is 2.00. The largest absolute Gasteiger partial charge is 0.377 e. The quantitative estimate of drug-likeness (QED) is 0.668. The van der Waals surface area contributed by atoms with Crippen LogP contribution < -0.4 is 5.73 Å². The third-order valence-electron chi connectivity index (χ3n) is 2.17. The minimum atomic E-state index is 0.219. The Morgan fingerprint density at radius 2 is 1.83 bits per heavy atom. The summed E-state index contributed by atoms with van der Waals surface area (Å²) in [5.74, 6) is 0.582. The molecule has 12 heavy (non-hydrogen) atoms. The molecule has 0 heterocycles. The van der Waals surface area contributed by atoms with Gasteiger partial charge in [-0.3, -0.25) is 0 Å². The summed E-state index contributed by atoms with van der Waals surface area (Å²) in [6.45, 7) is 9.27. The lowest BCUT2D eigenvalue weighted by molar-refractivity contribution is 0.0263. The van der Waals surface area contributed by atoms with Gasteiger partial charge in [0.05, 0.1) is 12.7 Å². The highest BCUT2D eigenvalue weighted by Gasteiger charge is 2.09. The van der Waals surface area contributed by atoms with Crippen LogP contribution in [-0.2, 0) is 4.74 Å². The summed E-state index contributed by atoms with van der Waals surface area (Å²) in [5.41, 5.74) is 5.81. The van der Waals surface area contributed by atoms with Gasteiger partial charge in [-0.25, -0.2) is 0 Å². The van der Waals surface area contributed by atoms with Crippen molar-refractivity contribution in [3.8, 4) is 0 Å². The maximum atomic E-state index is 5.81. The van der Waals surface area contributed by atoms with E-state index in [2.05, 4.69) is 27.7 Å². The Kier molecular flexibility index (Phi) is 6.39. The van der Waals surface area contributed by atoms with Crippen molar-refractivity contribution in [2.75, 3.05) is 6.61 Å². The molecule has 0 fully saturated rings. The van der Waals surface area contributed by atoms with Crippen LogP contribution in [0.2, 0.25) is 0 Å². The van der Waals surface area contributed by atoms with Gasteiger partial charge in [-0.15, -0.1) is 0 Å². The van der Waals surface area contributed by atoms with Gasteiger partial charge in [0, 0.05) is 6.04 Å². The Bertz CT molecular complexity index is 104. The average molecular weight is 173 g/mol. The number of hydrogen-bond donors (Lipinski definition) is 1. The van der Waals surface area contributed by atoms with Crippen molar-refractivity contribution < 1.29 is 4.74 Å².